The molecule has 0 unspecified atom stereocenters. The monoisotopic (exact) mass is 281 g/mol. The Labute approximate surface area is 121 Å². The number of benzene rings is 1. The number of hydrogen-bond donors (Lipinski definition) is 2. The molecular formula is C16H24ClNO. The van der Waals surface area contributed by atoms with Crippen molar-refractivity contribution in [1.82, 2.24) is 5.32 Å². The maximum atomic E-state index is 10.6. The summed E-state index contributed by atoms with van der Waals surface area (Å²) in [6, 6.07) is 8.12. The van der Waals surface area contributed by atoms with Crippen molar-refractivity contribution in [2.45, 2.75) is 57.1 Å². The van der Waals surface area contributed by atoms with Crippen molar-refractivity contribution in [3.8, 4) is 0 Å². The molecule has 0 spiro atoms. The van der Waals surface area contributed by atoms with Crippen LogP contribution in [0.15, 0.2) is 24.3 Å². The van der Waals surface area contributed by atoms with Crippen molar-refractivity contribution < 1.29 is 5.11 Å². The van der Waals surface area contributed by atoms with Crippen molar-refractivity contribution in [2.75, 3.05) is 6.54 Å². The van der Waals surface area contributed by atoms with Crippen LogP contribution in [0.4, 0.5) is 0 Å². The van der Waals surface area contributed by atoms with Crippen LogP contribution in [0.1, 0.15) is 57.1 Å². The quantitative estimate of drug-likeness (QED) is 0.815. The Balaban J connectivity index is 1.90. The van der Waals surface area contributed by atoms with Crippen molar-refractivity contribution in [3.63, 3.8) is 0 Å². The molecule has 0 aromatic heterocycles. The summed E-state index contributed by atoms with van der Waals surface area (Å²) < 4.78 is 0. The van der Waals surface area contributed by atoms with Crippen LogP contribution in [0.2, 0.25) is 5.02 Å². The fourth-order valence-corrected chi connectivity index (χ4v) is 3.00. The van der Waals surface area contributed by atoms with Crippen LogP contribution in [0.3, 0.4) is 0 Å². The van der Waals surface area contributed by atoms with E-state index in [2.05, 4.69) is 18.3 Å². The lowest BCUT2D eigenvalue weighted by Crippen LogP contribution is -2.41. The fraction of sp³-hybridized carbons (Fsp3) is 0.625. The molecule has 106 valence electrons. The summed E-state index contributed by atoms with van der Waals surface area (Å²) in [4.78, 5) is 0. The van der Waals surface area contributed by atoms with E-state index in [-0.39, 0.29) is 6.04 Å². The first kappa shape index (κ1) is 14.8. The smallest absolute Gasteiger partial charge is 0.0771 e. The Morgan fingerprint density at radius 2 is 1.95 bits per heavy atom. The zero-order valence-electron chi connectivity index (χ0n) is 11.7. The van der Waals surface area contributed by atoms with Gasteiger partial charge in [-0.2, -0.15) is 0 Å². The van der Waals surface area contributed by atoms with Gasteiger partial charge in [-0.25, -0.2) is 0 Å². The second kappa shape index (κ2) is 6.74. The van der Waals surface area contributed by atoms with Crippen LogP contribution >= 0.6 is 11.6 Å². The molecule has 0 heterocycles. The molecule has 0 aliphatic heterocycles. The van der Waals surface area contributed by atoms with Crippen LogP contribution in [0, 0.1) is 0 Å². The molecule has 1 aliphatic carbocycles. The Bertz CT molecular complexity index is 399. The largest absolute Gasteiger partial charge is 0.389 e. The SMILES string of the molecule is C[C@H](NCC1(O)CCCCCC1)c1cccc(Cl)c1. The van der Waals surface area contributed by atoms with E-state index in [0.717, 1.165) is 30.7 Å². The zero-order valence-corrected chi connectivity index (χ0v) is 12.4. The summed E-state index contributed by atoms with van der Waals surface area (Å²) in [7, 11) is 0. The van der Waals surface area contributed by atoms with E-state index in [4.69, 9.17) is 11.6 Å². The Hall–Kier alpha value is -0.570. The number of rotatable bonds is 4. The maximum Gasteiger partial charge on any atom is 0.0771 e. The topological polar surface area (TPSA) is 32.3 Å². The molecule has 2 nitrogen and oxygen atoms in total. The first-order chi connectivity index (χ1) is 9.09. The molecule has 1 fully saturated rings. The molecule has 1 saturated carbocycles. The summed E-state index contributed by atoms with van der Waals surface area (Å²) in [6.07, 6.45) is 6.64. The molecule has 0 bridgehead atoms. The molecule has 0 amide bonds. The normalized spacial score (nSPS) is 20.8. The second-order valence-electron chi connectivity index (χ2n) is 5.80. The van der Waals surface area contributed by atoms with Gasteiger partial charge < -0.3 is 10.4 Å². The standard InChI is InChI=1S/C16H24ClNO/c1-13(14-7-6-8-15(17)11-14)18-12-16(19)9-4-2-3-5-10-16/h6-8,11,13,18-19H,2-5,9-10,12H2,1H3/t13-/m0/s1. The predicted molar refractivity (Wildman–Crippen MR) is 80.5 cm³/mol. The minimum atomic E-state index is -0.524. The Morgan fingerprint density at radius 3 is 2.58 bits per heavy atom. The fourth-order valence-electron chi connectivity index (χ4n) is 2.80. The third-order valence-corrected chi connectivity index (χ3v) is 4.36. The average Bonchev–Trinajstić information content (AvgIpc) is 2.61. The Morgan fingerprint density at radius 1 is 1.26 bits per heavy atom. The summed E-state index contributed by atoms with van der Waals surface area (Å²) in [6.45, 7) is 2.78. The second-order valence-corrected chi connectivity index (χ2v) is 6.23. The highest BCUT2D eigenvalue weighted by Crippen LogP contribution is 2.27. The number of nitrogens with one attached hydrogen (secondary N) is 1. The van der Waals surface area contributed by atoms with Crippen molar-refractivity contribution in [3.05, 3.63) is 34.9 Å². The van der Waals surface area contributed by atoms with E-state index in [1.807, 2.05) is 18.2 Å². The van der Waals surface area contributed by atoms with E-state index < -0.39 is 5.60 Å². The zero-order chi connectivity index (χ0) is 13.7. The van der Waals surface area contributed by atoms with E-state index in [0.29, 0.717) is 6.54 Å². The third-order valence-electron chi connectivity index (χ3n) is 4.12. The summed E-state index contributed by atoms with van der Waals surface area (Å²) in [5.74, 6) is 0. The number of halogens is 1. The molecule has 0 saturated heterocycles. The number of hydrogen-bond acceptors (Lipinski definition) is 2. The lowest BCUT2D eigenvalue weighted by molar-refractivity contribution is 0.0231. The van der Waals surface area contributed by atoms with Gasteiger partial charge in [0.2, 0.25) is 0 Å². The van der Waals surface area contributed by atoms with Crippen LogP contribution in [0.5, 0.6) is 0 Å². The Kier molecular flexibility index (Phi) is 5.26. The highest BCUT2D eigenvalue weighted by molar-refractivity contribution is 6.30. The van der Waals surface area contributed by atoms with Gasteiger partial charge in [0.15, 0.2) is 0 Å². The van der Waals surface area contributed by atoms with Gasteiger partial charge in [-0.15, -0.1) is 0 Å². The molecular weight excluding hydrogens is 258 g/mol. The minimum Gasteiger partial charge on any atom is -0.389 e. The first-order valence-electron chi connectivity index (χ1n) is 7.30. The molecule has 1 aromatic carbocycles. The van der Waals surface area contributed by atoms with Gasteiger partial charge in [-0.1, -0.05) is 49.4 Å². The summed E-state index contributed by atoms with van der Waals surface area (Å²) >= 11 is 6.01. The molecule has 1 aliphatic rings. The molecule has 19 heavy (non-hydrogen) atoms. The predicted octanol–water partition coefficient (Wildman–Crippen LogP) is 4.08. The number of aliphatic hydroxyl groups is 1. The van der Waals surface area contributed by atoms with Gasteiger partial charge in [0.1, 0.15) is 0 Å². The lowest BCUT2D eigenvalue weighted by Gasteiger charge is -2.29. The van der Waals surface area contributed by atoms with E-state index in [1.165, 1.54) is 18.4 Å². The maximum absolute atomic E-state index is 10.6. The molecule has 1 aromatic rings. The van der Waals surface area contributed by atoms with Gasteiger partial charge >= 0.3 is 0 Å². The highest BCUT2D eigenvalue weighted by atomic mass is 35.5. The lowest BCUT2D eigenvalue weighted by atomic mass is 9.94. The summed E-state index contributed by atoms with van der Waals surface area (Å²) in [5, 5.41) is 14.8. The molecule has 2 N–H and O–H groups in total. The third kappa shape index (κ3) is 4.48. The van der Waals surface area contributed by atoms with Crippen LogP contribution in [-0.2, 0) is 0 Å². The molecule has 2 rings (SSSR count). The van der Waals surface area contributed by atoms with Crippen molar-refractivity contribution >= 4 is 11.6 Å². The van der Waals surface area contributed by atoms with Gasteiger partial charge in [0.05, 0.1) is 5.60 Å². The van der Waals surface area contributed by atoms with E-state index >= 15 is 0 Å². The molecule has 1 atom stereocenters. The first-order valence-corrected chi connectivity index (χ1v) is 7.68. The molecule has 0 radical (unpaired) electrons. The molecule has 3 heteroatoms. The van der Waals surface area contributed by atoms with Gasteiger partial charge in [0.25, 0.3) is 0 Å². The minimum absolute atomic E-state index is 0.214. The van der Waals surface area contributed by atoms with Crippen LogP contribution < -0.4 is 5.32 Å². The summed E-state index contributed by atoms with van der Waals surface area (Å²) in [5.41, 5.74) is 0.647. The average molecular weight is 282 g/mol. The van der Waals surface area contributed by atoms with E-state index in [9.17, 15) is 5.11 Å². The van der Waals surface area contributed by atoms with Crippen LogP contribution in [0.25, 0.3) is 0 Å². The van der Waals surface area contributed by atoms with Gasteiger partial charge in [-0.3, -0.25) is 0 Å². The van der Waals surface area contributed by atoms with E-state index in [1.54, 1.807) is 0 Å². The van der Waals surface area contributed by atoms with Crippen molar-refractivity contribution in [2.24, 2.45) is 0 Å². The van der Waals surface area contributed by atoms with Gasteiger partial charge in [-0.05, 0) is 37.5 Å². The van der Waals surface area contributed by atoms with Gasteiger partial charge in [0, 0.05) is 17.6 Å². The van der Waals surface area contributed by atoms with Crippen molar-refractivity contribution in [1.29, 1.82) is 0 Å². The van der Waals surface area contributed by atoms with Crippen LogP contribution in [-0.4, -0.2) is 17.3 Å². The highest BCUT2D eigenvalue weighted by Gasteiger charge is 2.28.